The smallest absolute Gasteiger partial charge is 0.193 e. The van der Waals surface area contributed by atoms with Crippen LogP contribution in [0.1, 0.15) is 6.92 Å². The van der Waals surface area contributed by atoms with Gasteiger partial charge in [0.2, 0.25) is 0 Å². The lowest BCUT2D eigenvalue weighted by molar-refractivity contribution is -0.137. The minimum Gasteiger partial charge on any atom is -0.393 e. The zero-order valence-electron chi connectivity index (χ0n) is 6.14. The number of carbonyl (C=O) groups is 1. The molecule has 0 aliphatic rings. The monoisotopic (exact) mass is 180 g/mol. The topological polar surface area (TPSA) is 77.8 Å². The summed E-state index contributed by atoms with van der Waals surface area (Å²) in [6.45, 7) is 0.853. The van der Waals surface area contributed by atoms with E-state index >= 15 is 0 Å². The van der Waals surface area contributed by atoms with E-state index < -0.39 is 29.8 Å². The Morgan fingerprint density at radius 2 is 2.00 bits per heavy atom. The SMILES string of the molecule is C[C@H](S)[C@@H](O)C(=O)[C@H](O)CO. The van der Waals surface area contributed by atoms with Crippen molar-refractivity contribution in [2.45, 2.75) is 24.4 Å². The molecule has 0 amide bonds. The van der Waals surface area contributed by atoms with Crippen molar-refractivity contribution in [1.82, 2.24) is 0 Å². The van der Waals surface area contributed by atoms with Gasteiger partial charge in [-0.15, -0.1) is 0 Å². The molecule has 0 aliphatic heterocycles. The molecule has 0 bridgehead atoms. The average molecular weight is 180 g/mol. The van der Waals surface area contributed by atoms with Crippen LogP contribution in [0.2, 0.25) is 0 Å². The van der Waals surface area contributed by atoms with Gasteiger partial charge in [-0.1, -0.05) is 6.92 Å². The van der Waals surface area contributed by atoms with Gasteiger partial charge in [-0.05, 0) is 0 Å². The molecule has 0 heterocycles. The van der Waals surface area contributed by atoms with E-state index in [1.54, 1.807) is 0 Å². The minimum absolute atomic E-state index is 0.538. The highest BCUT2D eigenvalue weighted by Gasteiger charge is 2.25. The van der Waals surface area contributed by atoms with Crippen molar-refractivity contribution in [2.24, 2.45) is 0 Å². The molecule has 0 aromatic rings. The molecule has 0 saturated heterocycles. The van der Waals surface area contributed by atoms with Crippen molar-refractivity contribution in [3.05, 3.63) is 0 Å². The van der Waals surface area contributed by atoms with Crippen LogP contribution in [0.15, 0.2) is 0 Å². The Labute approximate surface area is 70.3 Å². The third-order valence-corrected chi connectivity index (χ3v) is 1.53. The van der Waals surface area contributed by atoms with Gasteiger partial charge in [-0.25, -0.2) is 0 Å². The van der Waals surface area contributed by atoms with Crippen LogP contribution in [-0.4, -0.2) is 45.2 Å². The van der Waals surface area contributed by atoms with Crippen molar-refractivity contribution in [2.75, 3.05) is 6.61 Å². The molecule has 66 valence electrons. The number of rotatable bonds is 4. The summed E-state index contributed by atoms with van der Waals surface area (Å²) in [6, 6.07) is 0. The van der Waals surface area contributed by atoms with Crippen molar-refractivity contribution in [3.63, 3.8) is 0 Å². The van der Waals surface area contributed by atoms with Crippen LogP contribution in [0.5, 0.6) is 0 Å². The average Bonchev–Trinajstić information content (AvgIpc) is 2.00. The standard InChI is InChI=1S/C6H12O4S/c1-3(11)5(9)6(10)4(8)2-7/h3-5,7-9,11H,2H2,1H3/t3-,4+,5+/m0/s1. The predicted molar refractivity (Wildman–Crippen MR) is 42.6 cm³/mol. The van der Waals surface area contributed by atoms with Gasteiger partial charge in [-0.3, -0.25) is 4.79 Å². The number of hydrogen-bond acceptors (Lipinski definition) is 5. The molecule has 0 saturated carbocycles. The van der Waals surface area contributed by atoms with E-state index in [0.717, 1.165) is 0 Å². The molecule has 4 nitrogen and oxygen atoms in total. The van der Waals surface area contributed by atoms with Gasteiger partial charge < -0.3 is 15.3 Å². The molecule has 0 aromatic heterocycles. The van der Waals surface area contributed by atoms with Crippen LogP contribution in [0, 0.1) is 0 Å². The molecule has 3 atom stereocenters. The summed E-state index contributed by atoms with van der Waals surface area (Å²) >= 11 is 3.80. The highest BCUT2D eigenvalue weighted by Crippen LogP contribution is 2.03. The van der Waals surface area contributed by atoms with E-state index in [-0.39, 0.29) is 0 Å². The molecule has 11 heavy (non-hydrogen) atoms. The van der Waals surface area contributed by atoms with Crippen molar-refractivity contribution < 1.29 is 20.1 Å². The molecule has 0 fully saturated rings. The first-order valence-corrected chi connectivity index (χ1v) is 3.71. The summed E-state index contributed by atoms with van der Waals surface area (Å²) in [5.41, 5.74) is 0. The molecular weight excluding hydrogens is 168 g/mol. The van der Waals surface area contributed by atoms with Gasteiger partial charge in [0.15, 0.2) is 5.78 Å². The number of hydrogen-bond donors (Lipinski definition) is 4. The summed E-state index contributed by atoms with van der Waals surface area (Å²) in [4.78, 5) is 10.8. The van der Waals surface area contributed by atoms with Crippen LogP contribution in [0.4, 0.5) is 0 Å². The minimum atomic E-state index is -1.50. The van der Waals surface area contributed by atoms with Gasteiger partial charge in [0.25, 0.3) is 0 Å². The van der Waals surface area contributed by atoms with E-state index in [9.17, 15) is 4.79 Å². The first-order chi connectivity index (χ1) is 5.00. The van der Waals surface area contributed by atoms with Gasteiger partial charge in [0.1, 0.15) is 12.2 Å². The maximum absolute atomic E-state index is 10.8. The van der Waals surface area contributed by atoms with Crippen LogP contribution in [0.3, 0.4) is 0 Å². The highest BCUT2D eigenvalue weighted by molar-refractivity contribution is 7.81. The lowest BCUT2D eigenvalue weighted by Crippen LogP contribution is -2.38. The summed E-state index contributed by atoms with van der Waals surface area (Å²) in [5.74, 6) is -0.796. The van der Waals surface area contributed by atoms with Crippen LogP contribution < -0.4 is 0 Å². The van der Waals surface area contributed by atoms with E-state index in [0.29, 0.717) is 0 Å². The van der Waals surface area contributed by atoms with Crippen molar-refractivity contribution in [3.8, 4) is 0 Å². The zero-order chi connectivity index (χ0) is 9.02. The normalized spacial score (nSPS) is 19.0. The fourth-order valence-corrected chi connectivity index (χ4v) is 0.672. The van der Waals surface area contributed by atoms with Crippen LogP contribution in [0.25, 0.3) is 0 Å². The number of ketones is 1. The Bertz CT molecular complexity index is 137. The fourth-order valence-electron chi connectivity index (χ4n) is 0.525. The quantitative estimate of drug-likeness (QED) is 0.401. The lowest BCUT2D eigenvalue weighted by atomic mass is 10.1. The van der Waals surface area contributed by atoms with E-state index in [1.165, 1.54) is 6.92 Å². The Morgan fingerprint density at radius 3 is 2.27 bits per heavy atom. The molecule has 0 unspecified atom stereocenters. The largest absolute Gasteiger partial charge is 0.393 e. The maximum atomic E-state index is 10.8. The third kappa shape index (κ3) is 3.20. The van der Waals surface area contributed by atoms with Gasteiger partial charge >= 0.3 is 0 Å². The Kier molecular flexibility index (Phi) is 4.67. The van der Waals surface area contributed by atoms with Gasteiger partial charge in [0.05, 0.1) is 6.61 Å². The number of carbonyl (C=O) groups excluding carboxylic acids is 1. The molecule has 0 radical (unpaired) electrons. The second kappa shape index (κ2) is 4.71. The van der Waals surface area contributed by atoms with Crippen LogP contribution in [-0.2, 0) is 4.79 Å². The fraction of sp³-hybridized carbons (Fsp3) is 0.833. The summed E-state index contributed by atoms with van der Waals surface area (Å²) in [6.07, 6.45) is -2.82. The second-order valence-corrected chi connectivity index (χ2v) is 3.10. The first-order valence-electron chi connectivity index (χ1n) is 3.19. The molecule has 0 rings (SSSR count). The van der Waals surface area contributed by atoms with E-state index in [2.05, 4.69) is 12.6 Å². The molecular formula is C6H12O4S. The molecule has 3 N–H and O–H groups in total. The van der Waals surface area contributed by atoms with Crippen molar-refractivity contribution >= 4 is 18.4 Å². The number of Topliss-reactive ketones (excluding diaryl/α,β-unsaturated/α-hetero) is 1. The predicted octanol–water partition coefficient (Wildman–Crippen LogP) is -1.41. The molecule has 0 spiro atoms. The summed E-state index contributed by atoms with van der Waals surface area (Å²) < 4.78 is 0. The number of aliphatic hydroxyl groups is 3. The van der Waals surface area contributed by atoms with Crippen molar-refractivity contribution in [1.29, 1.82) is 0 Å². The van der Waals surface area contributed by atoms with E-state index in [4.69, 9.17) is 15.3 Å². The molecule has 5 heteroatoms. The van der Waals surface area contributed by atoms with Crippen LogP contribution >= 0.6 is 12.6 Å². The number of thiol groups is 1. The van der Waals surface area contributed by atoms with Gasteiger partial charge in [-0.2, -0.15) is 12.6 Å². The third-order valence-electron chi connectivity index (χ3n) is 1.25. The maximum Gasteiger partial charge on any atom is 0.193 e. The molecule has 0 aliphatic carbocycles. The Morgan fingerprint density at radius 1 is 1.55 bits per heavy atom. The summed E-state index contributed by atoms with van der Waals surface area (Å²) in [5, 5.41) is 25.5. The molecule has 0 aromatic carbocycles. The van der Waals surface area contributed by atoms with Gasteiger partial charge in [0, 0.05) is 5.25 Å². The highest BCUT2D eigenvalue weighted by atomic mass is 32.1. The lowest BCUT2D eigenvalue weighted by Gasteiger charge is -2.14. The summed E-state index contributed by atoms with van der Waals surface area (Å²) in [7, 11) is 0. The Hall–Kier alpha value is -0.100. The van der Waals surface area contributed by atoms with E-state index in [1.807, 2.05) is 0 Å². The zero-order valence-corrected chi connectivity index (χ0v) is 7.03. The second-order valence-electron chi connectivity index (χ2n) is 2.29. The first kappa shape index (κ1) is 10.9. The number of aliphatic hydroxyl groups excluding tert-OH is 3. The Balaban J connectivity index is 4.02.